The molecule has 0 radical (unpaired) electrons. The third-order valence-corrected chi connectivity index (χ3v) is 3.18. The molecule has 1 heterocycles. The van der Waals surface area contributed by atoms with Crippen molar-refractivity contribution >= 4 is 33.3 Å². The molecule has 0 saturated carbocycles. The minimum atomic E-state index is 0.411. The van der Waals surface area contributed by atoms with Crippen molar-refractivity contribution in [3.05, 3.63) is 40.6 Å². The number of hydrogen-bond donors (Lipinski definition) is 2. The molecule has 0 bridgehead atoms. The fourth-order valence-corrected chi connectivity index (χ4v) is 1.65. The van der Waals surface area contributed by atoms with Crippen molar-refractivity contribution in [2.24, 2.45) is 0 Å². The summed E-state index contributed by atoms with van der Waals surface area (Å²) >= 11 is 3.52. The van der Waals surface area contributed by atoms with Crippen LogP contribution in [0.15, 0.2) is 35.1 Å². The molecule has 1 aromatic carbocycles. The SMILES string of the molecule is Cc1cccc(Nc2cnc(N)cn2)c1Br. The molecule has 0 fully saturated rings. The summed E-state index contributed by atoms with van der Waals surface area (Å²) in [5, 5.41) is 3.16. The molecule has 4 nitrogen and oxygen atoms in total. The van der Waals surface area contributed by atoms with Crippen molar-refractivity contribution in [1.82, 2.24) is 9.97 Å². The van der Waals surface area contributed by atoms with E-state index in [0.717, 1.165) is 15.7 Å². The van der Waals surface area contributed by atoms with E-state index in [2.05, 4.69) is 31.2 Å². The highest BCUT2D eigenvalue weighted by Crippen LogP contribution is 2.27. The zero-order chi connectivity index (χ0) is 11.5. The quantitative estimate of drug-likeness (QED) is 0.887. The van der Waals surface area contributed by atoms with Gasteiger partial charge in [-0.25, -0.2) is 9.97 Å². The van der Waals surface area contributed by atoms with Gasteiger partial charge in [-0.1, -0.05) is 12.1 Å². The second kappa shape index (κ2) is 4.49. The maximum Gasteiger partial charge on any atom is 0.149 e. The maximum absolute atomic E-state index is 5.46. The van der Waals surface area contributed by atoms with Crippen LogP contribution in [0, 0.1) is 6.92 Å². The molecule has 1 aromatic heterocycles. The Morgan fingerprint density at radius 3 is 2.75 bits per heavy atom. The van der Waals surface area contributed by atoms with Gasteiger partial charge in [0.1, 0.15) is 11.6 Å². The lowest BCUT2D eigenvalue weighted by molar-refractivity contribution is 1.20. The predicted molar refractivity (Wildman–Crippen MR) is 68.6 cm³/mol. The Morgan fingerprint density at radius 2 is 2.06 bits per heavy atom. The van der Waals surface area contributed by atoms with Crippen molar-refractivity contribution < 1.29 is 0 Å². The van der Waals surface area contributed by atoms with Gasteiger partial charge in [-0.15, -0.1) is 0 Å². The molecule has 0 aliphatic carbocycles. The number of nitrogens with one attached hydrogen (secondary N) is 1. The zero-order valence-corrected chi connectivity index (χ0v) is 10.3. The second-order valence-electron chi connectivity index (χ2n) is 3.39. The standard InChI is InChI=1S/C11H11BrN4/c1-7-3-2-4-8(11(7)12)16-10-6-14-9(13)5-15-10/h2-6H,1H3,(H2,13,14)(H,15,16). The fraction of sp³-hybridized carbons (Fsp3) is 0.0909. The van der Waals surface area contributed by atoms with Crippen molar-refractivity contribution in [1.29, 1.82) is 0 Å². The number of benzene rings is 1. The van der Waals surface area contributed by atoms with Crippen LogP contribution in [0.25, 0.3) is 0 Å². The molecule has 0 saturated heterocycles. The van der Waals surface area contributed by atoms with E-state index >= 15 is 0 Å². The Bertz CT molecular complexity index is 496. The van der Waals surface area contributed by atoms with Gasteiger partial charge < -0.3 is 11.1 Å². The van der Waals surface area contributed by atoms with E-state index in [1.165, 1.54) is 6.20 Å². The van der Waals surface area contributed by atoms with Crippen LogP contribution in [-0.2, 0) is 0 Å². The number of anilines is 3. The molecule has 5 heteroatoms. The Morgan fingerprint density at radius 1 is 1.25 bits per heavy atom. The van der Waals surface area contributed by atoms with E-state index in [-0.39, 0.29) is 0 Å². The van der Waals surface area contributed by atoms with Gasteiger partial charge in [0.2, 0.25) is 0 Å². The highest BCUT2D eigenvalue weighted by atomic mass is 79.9. The summed E-state index contributed by atoms with van der Waals surface area (Å²) in [6.07, 6.45) is 3.12. The van der Waals surface area contributed by atoms with E-state index in [1.54, 1.807) is 6.20 Å². The highest BCUT2D eigenvalue weighted by molar-refractivity contribution is 9.10. The molecule has 0 atom stereocenters. The minimum absolute atomic E-state index is 0.411. The van der Waals surface area contributed by atoms with Crippen LogP contribution >= 0.6 is 15.9 Å². The molecule has 2 rings (SSSR count). The summed E-state index contributed by atoms with van der Waals surface area (Å²) in [6.45, 7) is 2.03. The molecular weight excluding hydrogens is 268 g/mol. The normalized spacial score (nSPS) is 10.1. The largest absolute Gasteiger partial charge is 0.382 e. The number of halogens is 1. The third-order valence-electron chi connectivity index (χ3n) is 2.13. The van der Waals surface area contributed by atoms with Crippen LogP contribution in [0.5, 0.6) is 0 Å². The molecule has 3 N–H and O–H groups in total. The molecule has 16 heavy (non-hydrogen) atoms. The lowest BCUT2D eigenvalue weighted by Crippen LogP contribution is -1.98. The Balaban J connectivity index is 2.27. The topological polar surface area (TPSA) is 63.8 Å². The first-order valence-corrected chi connectivity index (χ1v) is 5.56. The number of nitrogen functional groups attached to an aromatic ring is 1. The van der Waals surface area contributed by atoms with Crippen molar-refractivity contribution in [2.45, 2.75) is 6.92 Å². The summed E-state index contributed by atoms with van der Waals surface area (Å²) in [6, 6.07) is 5.98. The van der Waals surface area contributed by atoms with Crippen LogP contribution in [0.2, 0.25) is 0 Å². The average molecular weight is 279 g/mol. The fourth-order valence-electron chi connectivity index (χ4n) is 1.28. The Hall–Kier alpha value is -1.62. The van der Waals surface area contributed by atoms with Gasteiger partial charge in [0.25, 0.3) is 0 Å². The van der Waals surface area contributed by atoms with Gasteiger partial charge in [0.15, 0.2) is 0 Å². The molecule has 0 unspecified atom stereocenters. The van der Waals surface area contributed by atoms with E-state index in [0.29, 0.717) is 11.6 Å². The van der Waals surface area contributed by atoms with Crippen molar-refractivity contribution in [3.8, 4) is 0 Å². The van der Waals surface area contributed by atoms with E-state index in [9.17, 15) is 0 Å². The lowest BCUT2D eigenvalue weighted by Gasteiger charge is -2.09. The van der Waals surface area contributed by atoms with Gasteiger partial charge >= 0.3 is 0 Å². The monoisotopic (exact) mass is 278 g/mol. The number of nitrogens with two attached hydrogens (primary N) is 1. The molecule has 82 valence electrons. The first-order valence-electron chi connectivity index (χ1n) is 4.76. The van der Waals surface area contributed by atoms with E-state index < -0.39 is 0 Å². The Labute approximate surface area is 102 Å². The average Bonchev–Trinajstić information content (AvgIpc) is 2.28. The van der Waals surface area contributed by atoms with E-state index in [1.807, 2.05) is 25.1 Å². The van der Waals surface area contributed by atoms with Crippen LogP contribution in [-0.4, -0.2) is 9.97 Å². The van der Waals surface area contributed by atoms with Gasteiger partial charge in [-0.2, -0.15) is 0 Å². The lowest BCUT2D eigenvalue weighted by atomic mass is 10.2. The predicted octanol–water partition coefficient (Wildman–Crippen LogP) is 2.87. The number of rotatable bonds is 2. The molecule has 0 aliphatic rings. The summed E-state index contributed by atoms with van der Waals surface area (Å²) in [4.78, 5) is 8.09. The van der Waals surface area contributed by atoms with Gasteiger partial charge in [-0.3, -0.25) is 0 Å². The smallest absolute Gasteiger partial charge is 0.149 e. The molecule has 0 aliphatic heterocycles. The van der Waals surface area contributed by atoms with Crippen molar-refractivity contribution in [2.75, 3.05) is 11.1 Å². The van der Waals surface area contributed by atoms with Crippen molar-refractivity contribution in [3.63, 3.8) is 0 Å². The van der Waals surface area contributed by atoms with Gasteiger partial charge in [0.05, 0.1) is 18.1 Å². The summed E-state index contributed by atoms with van der Waals surface area (Å²) < 4.78 is 1.02. The van der Waals surface area contributed by atoms with Crippen LogP contribution in [0.4, 0.5) is 17.3 Å². The number of aryl methyl sites for hydroxylation is 1. The molecule has 0 spiro atoms. The minimum Gasteiger partial charge on any atom is -0.382 e. The molecule has 0 amide bonds. The third kappa shape index (κ3) is 2.30. The first-order chi connectivity index (χ1) is 7.66. The summed E-state index contributed by atoms with van der Waals surface area (Å²) in [5.41, 5.74) is 7.58. The summed E-state index contributed by atoms with van der Waals surface area (Å²) in [7, 11) is 0. The second-order valence-corrected chi connectivity index (χ2v) is 4.18. The van der Waals surface area contributed by atoms with Crippen LogP contribution < -0.4 is 11.1 Å². The zero-order valence-electron chi connectivity index (χ0n) is 8.74. The van der Waals surface area contributed by atoms with E-state index in [4.69, 9.17) is 5.73 Å². The Kier molecular flexibility index (Phi) is 3.05. The number of nitrogens with zero attached hydrogens (tertiary/aromatic N) is 2. The van der Waals surface area contributed by atoms with Gasteiger partial charge in [0, 0.05) is 4.47 Å². The maximum atomic E-state index is 5.46. The molecular formula is C11H11BrN4. The van der Waals surface area contributed by atoms with Crippen LogP contribution in [0.1, 0.15) is 5.56 Å². The number of aromatic nitrogens is 2. The van der Waals surface area contributed by atoms with Gasteiger partial charge in [-0.05, 0) is 34.5 Å². The summed E-state index contributed by atoms with van der Waals surface area (Å²) in [5.74, 6) is 1.08. The first kappa shape index (κ1) is 10.9. The van der Waals surface area contributed by atoms with Crippen LogP contribution in [0.3, 0.4) is 0 Å². The highest BCUT2D eigenvalue weighted by Gasteiger charge is 2.03. The number of hydrogen-bond acceptors (Lipinski definition) is 4. The molecule has 2 aromatic rings.